The minimum absolute atomic E-state index is 0.0507. The normalized spacial score (nSPS) is 16.1. The molecule has 124 valence electrons. The number of amidine groups is 1. The molecule has 1 fully saturated rings. The summed E-state index contributed by atoms with van der Waals surface area (Å²) >= 11 is 1.34. The highest BCUT2D eigenvalue weighted by Crippen LogP contribution is 2.30. The molecule has 2 rings (SSSR count). The Balaban J connectivity index is 2.08. The van der Waals surface area contributed by atoms with E-state index in [9.17, 15) is 4.79 Å². The van der Waals surface area contributed by atoms with Gasteiger partial charge in [0.05, 0.1) is 25.7 Å². The summed E-state index contributed by atoms with van der Waals surface area (Å²) in [4.78, 5) is 11.1. The number of thioether (sulfide) groups is 1. The first-order valence-electron chi connectivity index (χ1n) is 7.58. The molecule has 1 aromatic carbocycles. The van der Waals surface area contributed by atoms with Crippen LogP contribution in [0.3, 0.4) is 0 Å². The number of methoxy groups -OCH3 is 1. The Morgan fingerprint density at radius 2 is 2.26 bits per heavy atom. The molecule has 0 radical (unpaired) electrons. The number of unbranched alkanes of at least 4 members (excludes halogenated alkanes) is 2. The summed E-state index contributed by atoms with van der Waals surface area (Å²) in [5.74, 6) is 1.67. The van der Waals surface area contributed by atoms with Crippen molar-refractivity contribution in [1.29, 1.82) is 0 Å². The summed E-state index contributed by atoms with van der Waals surface area (Å²) in [5.41, 5.74) is 0.791. The lowest BCUT2D eigenvalue weighted by atomic mass is 10.2. The smallest absolute Gasteiger partial charge is 0.236 e. The first-order valence-corrected chi connectivity index (χ1v) is 8.56. The molecule has 1 amide bonds. The SMILES string of the molecule is CCCCCOc1c(C=NN=C2NC(=O)CS2)cccc1OC. The van der Waals surface area contributed by atoms with E-state index in [1.54, 1.807) is 13.3 Å². The van der Waals surface area contributed by atoms with E-state index < -0.39 is 0 Å². The van der Waals surface area contributed by atoms with E-state index in [1.807, 2.05) is 18.2 Å². The lowest BCUT2D eigenvalue weighted by Crippen LogP contribution is -2.19. The van der Waals surface area contributed by atoms with Crippen LogP contribution >= 0.6 is 11.8 Å². The third-order valence-corrected chi connectivity index (χ3v) is 4.02. The van der Waals surface area contributed by atoms with Crippen molar-refractivity contribution in [2.45, 2.75) is 26.2 Å². The van der Waals surface area contributed by atoms with Crippen LogP contribution in [0.1, 0.15) is 31.7 Å². The Hall–Kier alpha value is -2.02. The van der Waals surface area contributed by atoms with E-state index in [0.29, 0.717) is 29.0 Å². The number of rotatable bonds is 8. The predicted molar refractivity (Wildman–Crippen MR) is 93.6 cm³/mol. The number of nitrogens with one attached hydrogen (secondary N) is 1. The quantitative estimate of drug-likeness (QED) is 0.450. The van der Waals surface area contributed by atoms with E-state index in [-0.39, 0.29) is 5.91 Å². The molecule has 0 spiro atoms. The summed E-state index contributed by atoms with van der Waals surface area (Å²) in [5, 5.41) is 11.2. The number of ether oxygens (including phenoxy) is 2. The Morgan fingerprint density at radius 1 is 1.39 bits per heavy atom. The molecule has 1 N–H and O–H groups in total. The van der Waals surface area contributed by atoms with Gasteiger partial charge in [-0.2, -0.15) is 5.10 Å². The van der Waals surface area contributed by atoms with Crippen molar-refractivity contribution < 1.29 is 14.3 Å². The van der Waals surface area contributed by atoms with Crippen LogP contribution in [0.4, 0.5) is 0 Å². The average Bonchev–Trinajstić information content (AvgIpc) is 2.97. The maximum Gasteiger partial charge on any atom is 0.236 e. The molecule has 1 aromatic rings. The molecule has 0 atom stereocenters. The first kappa shape index (κ1) is 17.3. The molecule has 0 aromatic heterocycles. The van der Waals surface area contributed by atoms with Gasteiger partial charge in [0.2, 0.25) is 5.91 Å². The fourth-order valence-electron chi connectivity index (χ4n) is 2.00. The van der Waals surface area contributed by atoms with Gasteiger partial charge in [-0.05, 0) is 18.6 Å². The van der Waals surface area contributed by atoms with Gasteiger partial charge >= 0.3 is 0 Å². The first-order chi connectivity index (χ1) is 11.2. The second kappa shape index (κ2) is 9.19. The Bertz CT molecular complexity index is 602. The van der Waals surface area contributed by atoms with Crippen LogP contribution in [-0.2, 0) is 4.79 Å². The monoisotopic (exact) mass is 335 g/mol. The number of carbonyl (C=O) groups excluding carboxylic acids is 1. The highest BCUT2D eigenvalue weighted by Gasteiger charge is 2.16. The number of hydrogen-bond donors (Lipinski definition) is 1. The van der Waals surface area contributed by atoms with Crippen molar-refractivity contribution in [2.24, 2.45) is 10.2 Å². The Morgan fingerprint density at radius 3 is 2.96 bits per heavy atom. The van der Waals surface area contributed by atoms with Crippen LogP contribution in [0.15, 0.2) is 28.4 Å². The van der Waals surface area contributed by atoms with Gasteiger partial charge in [0.15, 0.2) is 16.7 Å². The van der Waals surface area contributed by atoms with Gasteiger partial charge in [0.1, 0.15) is 0 Å². The lowest BCUT2D eigenvalue weighted by molar-refractivity contribution is -0.116. The summed E-state index contributed by atoms with van der Waals surface area (Å²) in [6.07, 6.45) is 4.87. The zero-order valence-electron chi connectivity index (χ0n) is 13.4. The maximum atomic E-state index is 11.1. The molecule has 23 heavy (non-hydrogen) atoms. The molecule has 1 saturated heterocycles. The van der Waals surface area contributed by atoms with Crippen LogP contribution in [0, 0.1) is 0 Å². The minimum Gasteiger partial charge on any atom is -0.493 e. The molecule has 0 saturated carbocycles. The predicted octanol–water partition coefficient (Wildman–Crippen LogP) is 2.82. The fourth-order valence-corrected chi connectivity index (χ4v) is 2.63. The molecule has 6 nitrogen and oxygen atoms in total. The topological polar surface area (TPSA) is 72.3 Å². The largest absolute Gasteiger partial charge is 0.493 e. The van der Waals surface area contributed by atoms with E-state index in [1.165, 1.54) is 11.8 Å². The molecular formula is C16H21N3O3S. The number of benzene rings is 1. The molecule has 0 aliphatic carbocycles. The van der Waals surface area contributed by atoms with Crippen LogP contribution in [0.25, 0.3) is 0 Å². The fraction of sp³-hybridized carbons (Fsp3) is 0.438. The lowest BCUT2D eigenvalue weighted by Gasteiger charge is -2.12. The van der Waals surface area contributed by atoms with Crippen molar-refractivity contribution in [3.63, 3.8) is 0 Å². The van der Waals surface area contributed by atoms with E-state index in [0.717, 1.165) is 24.8 Å². The van der Waals surface area contributed by atoms with Crippen LogP contribution in [0.5, 0.6) is 11.5 Å². The highest BCUT2D eigenvalue weighted by atomic mass is 32.2. The Kier molecular flexibility index (Phi) is 6.93. The molecular weight excluding hydrogens is 314 g/mol. The molecule has 0 unspecified atom stereocenters. The number of nitrogens with zero attached hydrogens (tertiary/aromatic N) is 2. The van der Waals surface area contributed by atoms with Crippen LogP contribution in [0.2, 0.25) is 0 Å². The highest BCUT2D eigenvalue weighted by molar-refractivity contribution is 8.15. The van der Waals surface area contributed by atoms with Gasteiger partial charge < -0.3 is 14.8 Å². The van der Waals surface area contributed by atoms with Crippen LogP contribution < -0.4 is 14.8 Å². The second-order valence-electron chi connectivity index (χ2n) is 4.92. The second-order valence-corrected chi connectivity index (χ2v) is 5.88. The van der Waals surface area contributed by atoms with E-state index in [2.05, 4.69) is 22.4 Å². The van der Waals surface area contributed by atoms with Crippen molar-refractivity contribution in [3.05, 3.63) is 23.8 Å². The van der Waals surface area contributed by atoms with Gasteiger partial charge in [-0.15, -0.1) is 5.10 Å². The minimum atomic E-state index is -0.0507. The third-order valence-electron chi connectivity index (χ3n) is 3.16. The number of carbonyl (C=O) groups is 1. The molecule has 1 aliphatic heterocycles. The Labute approximate surface area is 140 Å². The summed E-state index contributed by atoms with van der Waals surface area (Å²) in [7, 11) is 1.61. The summed E-state index contributed by atoms with van der Waals surface area (Å²) < 4.78 is 11.2. The molecule has 0 bridgehead atoms. The van der Waals surface area contributed by atoms with Gasteiger partial charge in [-0.3, -0.25) is 4.79 Å². The van der Waals surface area contributed by atoms with Crippen LogP contribution in [-0.4, -0.2) is 36.8 Å². The standard InChI is InChI=1S/C16H21N3O3S/c1-3-4-5-9-22-15-12(7-6-8-13(15)21-2)10-17-19-16-18-14(20)11-23-16/h6-8,10H,3-5,9,11H2,1-2H3,(H,18,19,20). The maximum absolute atomic E-state index is 11.1. The van der Waals surface area contributed by atoms with Gasteiger partial charge in [0, 0.05) is 5.56 Å². The van der Waals surface area contributed by atoms with Crippen molar-refractivity contribution in [3.8, 4) is 11.5 Å². The third kappa shape index (κ3) is 5.28. The zero-order chi connectivity index (χ0) is 16.5. The van der Waals surface area contributed by atoms with Gasteiger partial charge in [-0.1, -0.05) is 37.6 Å². The average molecular weight is 335 g/mol. The molecule has 7 heteroatoms. The number of para-hydroxylation sites is 1. The van der Waals surface area contributed by atoms with Crippen molar-refractivity contribution in [2.75, 3.05) is 19.5 Å². The van der Waals surface area contributed by atoms with E-state index >= 15 is 0 Å². The van der Waals surface area contributed by atoms with Gasteiger partial charge in [0.25, 0.3) is 0 Å². The summed E-state index contributed by atoms with van der Waals surface area (Å²) in [6, 6.07) is 5.62. The molecule has 1 heterocycles. The van der Waals surface area contributed by atoms with Crippen molar-refractivity contribution in [1.82, 2.24) is 5.32 Å². The number of amides is 1. The van der Waals surface area contributed by atoms with E-state index in [4.69, 9.17) is 9.47 Å². The zero-order valence-corrected chi connectivity index (χ0v) is 14.2. The summed E-state index contributed by atoms with van der Waals surface area (Å²) in [6.45, 7) is 2.79. The van der Waals surface area contributed by atoms with Crippen molar-refractivity contribution >= 4 is 29.1 Å². The van der Waals surface area contributed by atoms with Gasteiger partial charge in [-0.25, -0.2) is 0 Å². The molecule has 1 aliphatic rings. The number of hydrogen-bond acceptors (Lipinski definition) is 6.